The van der Waals surface area contributed by atoms with Crippen LogP contribution in [0.4, 0.5) is 0 Å². The van der Waals surface area contributed by atoms with Gasteiger partial charge in [0.25, 0.3) is 0 Å². The molecule has 0 radical (unpaired) electrons. The summed E-state index contributed by atoms with van der Waals surface area (Å²) in [6, 6.07) is 0. The van der Waals surface area contributed by atoms with E-state index < -0.39 is 92.7 Å². The van der Waals surface area contributed by atoms with E-state index in [9.17, 15) is 45.3 Å². The standard InChI is InChI=1S/C41H76O15/c1-3-5-7-9-11-13-14-16-17-19-21-23-32(43)51-26-29(54-33(44)24-22-20-18-15-12-10-8-6-4-2)27-52-40-39(50)37(48)35(46)31(56-40)28-53-41-38(49)36(47)34(45)30(25-42)55-41/h29-31,34-42,45-50H,3-28H2,1-2H3/t29-,30-,31-,34+,35+,36?,37?,38?,39?,40-,41-/m1/s1. The number of aliphatic hydroxyl groups excluding tert-OH is 7. The molecule has 0 spiro atoms. The summed E-state index contributed by atoms with van der Waals surface area (Å²) < 4.78 is 33.3. The number of rotatable bonds is 32. The predicted molar refractivity (Wildman–Crippen MR) is 206 cm³/mol. The molecule has 0 aliphatic carbocycles. The van der Waals surface area contributed by atoms with Crippen LogP contribution in [0.3, 0.4) is 0 Å². The van der Waals surface area contributed by atoms with Gasteiger partial charge in [-0.2, -0.15) is 0 Å². The SMILES string of the molecule is CCCCCCCCCCCCCC(=O)OC[C@H](CO[C@@H]1O[C@H](CO[C@@H]2O[C@H](CO)[C@H](O)C(O)C2O)[C@H](O)C(O)C1O)OC(=O)CCCCCCCCCCC. The van der Waals surface area contributed by atoms with E-state index in [4.69, 9.17) is 28.4 Å². The summed E-state index contributed by atoms with van der Waals surface area (Å²) in [7, 11) is 0. The number of carbonyl (C=O) groups excluding carboxylic acids is 2. The van der Waals surface area contributed by atoms with Crippen molar-refractivity contribution in [3.8, 4) is 0 Å². The monoisotopic (exact) mass is 809 g/mol. The Morgan fingerprint density at radius 3 is 1.39 bits per heavy atom. The van der Waals surface area contributed by atoms with Gasteiger partial charge in [0, 0.05) is 12.8 Å². The van der Waals surface area contributed by atoms with Crippen LogP contribution in [0.15, 0.2) is 0 Å². The smallest absolute Gasteiger partial charge is 0.306 e. The number of aliphatic hydroxyl groups is 7. The van der Waals surface area contributed by atoms with Crippen molar-refractivity contribution in [1.82, 2.24) is 0 Å². The molecule has 15 nitrogen and oxygen atoms in total. The van der Waals surface area contributed by atoms with Gasteiger partial charge in [0.05, 0.1) is 19.8 Å². The fourth-order valence-corrected chi connectivity index (χ4v) is 6.92. The number of carbonyl (C=O) groups is 2. The quantitative estimate of drug-likeness (QED) is 0.0380. The van der Waals surface area contributed by atoms with E-state index in [0.29, 0.717) is 12.8 Å². The van der Waals surface area contributed by atoms with Crippen LogP contribution in [0, 0.1) is 0 Å². The van der Waals surface area contributed by atoms with E-state index in [1.807, 2.05) is 0 Å². The lowest BCUT2D eigenvalue weighted by molar-refractivity contribution is -0.332. The van der Waals surface area contributed by atoms with Crippen LogP contribution in [0.2, 0.25) is 0 Å². The van der Waals surface area contributed by atoms with E-state index in [-0.39, 0.29) is 26.1 Å². The zero-order chi connectivity index (χ0) is 41.1. The highest BCUT2D eigenvalue weighted by Crippen LogP contribution is 2.26. The molecule has 0 bridgehead atoms. The lowest BCUT2D eigenvalue weighted by atomic mass is 9.98. The van der Waals surface area contributed by atoms with Crippen LogP contribution in [0.1, 0.15) is 155 Å². The predicted octanol–water partition coefficient (Wildman–Crippen LogP) is 3.70. The second-order valence-corrected chi connectivity index (χ2v) is 15.5. The first-order valence-electron chi connectivity index (χ1n) is 21.6. The molecule has 2 heterocycles. The minimum Gasteiger partial charge on any atom is -0.462 e. The maximum atomic E-state index is 12.8. The topological polar surface area (TPSA) is 231 Å². The van der Waals surface area contributed by atoms with Crippen LogP contribution < -0.4 is 0 Å². The van der Waals surface area contributed by atoms with Gasteiger partial charge in [-0.05, 0) is 12.8 Å². The zero-order valence-electron chi connectivity index (χ0n) is 34.1. The molecule has 0 amide bonds. The van der Waals surface area contributed by atoms with Crippen LogP contribution in [-0.4, -0.2) is 142 Å². The average Bonchev–Trinajstić information content (AvgIpc) is 3.19. The zero-order valence-corrected chi connectivity index (χ0v) is 34.1. The van der Waals surface area contributed by atoms with Crippen molar-refractivity contribution in [3.05, 3.63) is 0 Å². The second-order valence-electron chi connectivity index (χ2n) is 15.5. The fraction of sp³-hybridized carbons (Fsp3) is 0.951. The van der Waals surface area contributed by atoms with Crippen LogP contribution >= 0.6 is 0 Å². The van der Waals surface area contributed by atoms with Gasteiger partial charge in [0.2, 0.25) is 0 Å². The molecule has 2 aliphatic heterocycles. The minimum atomic E-state index is -1.76. The highest BCUT2D eigenvalue weighted by Gasteiger charge is 2.47. The molecule has 0 aromatic carbocycles. The van der Waals surface area contributed by atoms with Crippen molar-refractivity contribution in [2.75, 3.05) is 26.4 Å². The van der Waals surface area contributed by atoms with Crippen molar-refractivity contribution in [2.45, 2.75) is 223 Å². The third kappa shape index (κ3) is 20.0. The van der Waals surface area contributed by atoms with Gasteiger partial charge in [-0.1, -0.05) is 129 Å². The van der Waals surface area contributed by atoms with Crippen molar-refractivity contribution >= 4 is 11.9 Å². The van der Waals surface area contributed by atoms with Crippen molar-refractivity contribution in [2.24, 2.45) is 0 Å². The Hall–Kier alpha value is -1.50. The summed E-state index contributed by atoms with van der Waals surface area (Å²) in [5.41, 5.74) is 0. The number of hydrogen-bond donors (Lipinski definition) is 7. The normalized spacial score (nSPS) is 28.6. The van der Waals surface area contributed by atoms with E-state index >= 15 is 0 Å². The van der Waals surface area contributed by atoms with E-state index in [2.05, 4.69) is 13.8 Å². The van der Waals surface area contributed by atoms with Gasteiger partial charge in [-0.15, -0.1) is 0 Å². The van der Waals surface area contributed by atoms with Gasteiger partial charge in [0.1, 0.15) is 55.4 Å². The highest BCUT2D eigenvalue weighted by atomic mass is 16.7. The summed E-state index contributed by atoms with van der Waals surface area (Å²) in [4.78, 5) is 25.5. The number of unbranched alkanes of at least 4 members (excludes halogenated alkanes) is 18. The van der Waals surface area contributed by atoms with Gasteiger partial charge < -0.3 is 64.2 Å². The summed E-state index contributed by atoms with van der Waals surface area (Å²) in [6.07, 6.45) is 5.97. The van der Waals surface area contributed by atoms with Crippen molar-refractivity contribution in [1.29, 1.82) is 0 Å². The summed E-state index contributed by atoms with van der Waals surface area (Å²) in [6.45, 7) is 2.53. The van der Waals surface area contributed by atoms with E-state index in [0.717, 1.165) is 38.5 Å². The lowest BCUT2D eigenvalue weighted by Gasteiger charge is -2.42. The Morgan fingerprint density at radius 2 is 0.911 bits per heavy atom. The Labute approximate surface area is 334 Å². The van der Waals surface area contributed by atoms with Crippen LogP contribution in [-0.2, 0) is 38.0 Å². The molecule has 330 valence electrons. The van der Waals surface area contributed by atoms with Crippen LogP contribution in [0.25, 0.3) is 0 Å². The minimum absolute atomic E-state index is 0.170. The third-order valence-corrected chi connectivity index (χ3v) is 10.6. The lowest BCUT2D eigenvalue weighted by Crippen LogP contribution is -2.61. The number of hydrogen-bond acceptors (Lipinski definition) is 15. The summed E-state index contributed by atoms with van der Waals surface area (Å²) >= 11 is 0. The molecule has 4 unspecified atom stereocenters. The third-order valence-electron chi connectivity index (χ3n) is 10.6. The Bertz CT molecular complexity index is 1000. The van der Waals surface area contributed by atoms with Gasteiger partial charge in [-0.3, -0.25) is 9.59 Å². The summed E-state index contributed by atoms with van der Waals surface area (Å²) in [5.74, 6) is -0.923. The maximum absolute atomic E-state index is 12.8. The van der Waals surface area contributed by atoms with Gasteiger partial charge in [0.15, 0.2) is 18.7 Å². The van der Waals surface area contributed by atoms with Crippen molar-refractivity contribution < 1.29 is 73.8 Å². The van der Waals surface area contributed by atoms with E-state index in [1.165, 1.54) is 77.0 Å². The first-order chi connectivity index (χ1) is 27.0. The first-order valence-corrected chi connectivity index (χ1v) is 21.6. The Morgan fingerprint density at radius 1 is 0.500 bits per heavy atom. The molecule has 2 saturated heterocycles. The largest absolute Gasteiger partial charge is 0.462 e. The molecule has 0 aromatic rings. The molecular weight excluding hydrogens is 732 g/mol. The Kier molecular flexibility index (Phi) is 27.6. The van der Waals surface area contributed by atoms with Gasteiger partial charge >= 0.3 is 11.9 Å². The van der Waals surface area contributed by atoms with Crippen LogP contribution in [0.5, 0.6) is 0 Å². The van der Waals surface area contributed by atoms with Crippen molar-refractivity contribution in [3.63, 3.8) is 0 Å². The van der Waals surface area contributed by atoms with Gasteiger partial charge in [-0.25, -0.2) is 0 Å². The number of ether oxygens (including phenoxy) is 6. The molecule has 56 heavy (non-hydrogen) atoms. The molecule has 2 aliphatic rings. The van der Waals surface area contributed by atoms with E-state index in [1.54, 1.807) is 0 Å². The number of esters is 2. The molecule has 2 rings (SSSR count). The fourth-order valence-electron chi connectivity index (χ4n) is 6.92. The molecule has 11 atom stereocenters. The molecule has 15 heteroatoms. The Balaban J connectivity index is 1.88. The molecule has 2 fully saturated rings. The highest BCUT2D eigenvalue weighted by molar-refractivity contribution is 5.70. The first kappa shape index (κ1) is 50.6. The maximum Gasteiger partial charge on any atom is 0.306 e. The average molecular weight is 809 g/mol. The second kappa shape index (κ2) is 30.5. The molecule has 0 saturated carbocycles. The molecule has 0 aromatic heterocycles. The molecule has 7 N–H and O–H groups in total. The summed E-state index contributed by atoms with van der Waals surface area (Å²) in [5, 5.41) is 71.6. The molecular formula is C41H76O15.